The van der Waals surface area contributed by atoms with E-state index in [9.17, 15) is 9.18 Å². The minimum absolute atomic E-state index is 0.0710. The zero-order valence-corrected chi connectivity index (χ0v) is 11.2. The number of nitrogens with one attached hydrogen (secondary N) is 1. The summed E-state index contributed by atoms with van der Waals surface area (Å²) in [7, 11) is 1.55. The number of amides is 1. The van der Waals surface area contributed by atoms with Crippen molar-refractivity contribution in [2.45, 2.75) is 6.92 Å². The molecule has 2 rings (SSSR count). The molecule has 0 aliphatic rings. The minimum Gasteiger partial charge on any atom is -0.497 e. The summed E-state index contributed by atoms with van der Waals surface area (Å²) in [6, 6.07) is 9.56. The molecule has 0 fully saturated rings. The molecule has 0 bridgehead atoms. The molecule has 0 saturated carbocycles. The highest BCUT2D eigenvalue weighted by molar-refractivity contribution is 6.05. The van der Waals surface area contributed by atoms with Gasteiger partial charge < -0.3 is 15.8 Å². The molecule has 104 valence electrons. The molecule has 0 radical (unpaired) electrons. The molecular formula is C15H15FN2O2. The number of carbonyl (C=O) groups is 1. The Morgan fingerprint density at radius 3 is 2.50 bits per heavy atom. The van der Waals surface area contributed by atoms with Crippen LogP contribution in [0.4, 0.5) is 15.8 Å². The van der Waals surface area contributed by atoms with Crippen LogP contribution in [-0.4, -0.2) is 13.0 Å². The van der Waals surface area contributed by atoms with Gasteiger partial charge >= 0.3 is 0 Å². The van der Waals surface area contributed by atoms with Crippen LogP contribution in [0.5, 0.6) is 5.75 Å². The molecule has 0 heterocycles. The highest BCUT2D eigenvalue weighted by Gasteiger charge is 2.14. The second-order valence-electron chi connectivity index (χ2n) is 4.38. The topological polar surface area (TPSA) is 64.3 Å². The summed E-state index contributed by atoms with van der Waals surface area (Å²) in [6.07, 6.45) is 0. The smallest absolute Gasteiger partial charge is 0.258 e. The van der Waals surface area contributed by atoms with Crippen LogP contribution in [0.15, 0.2) is 36.4 Å². The molecule has 0 spiro atoms. The standard InChI is InChI=1S/C15H15FN2O2/c1-9-7-10(17)8-13(14(9)16)15(19)18-11-3-5-12(20-2)6-4-11/h3-8H,17H2,1-2H3,(H,18,19). The van der Waals surface area contributed by atoms with E-state index in [1.807, 2.05) is 0 Å². The van der Waals surface area contributed by atoms with Crippen LogP contribution < -0.4 is 15.8 Å². The Bertz CT molecular complexity index is 639. The van der Waals surface area contributed by atoms with Crippen LogP contribution in [0.2, 0.25) is 0 Å². The van der Waals surface area contributed by atoms with Gasteiger partial charge in [-0.05, 0) is 48.9 Å². The third-order valence-electron chi connectivity index (χ3n) is 2.87. The Morgan fingerprint density at radius 1 is 1.25 bits per heavy atom. The van der Waals surface area contributed by atoms with Gasteiger partial charge in [-0.25, -0.2) is 4.39 Å². The number of halogens is 1. The molecule has 0 unspecified atom stereocenters. The Morgan fingerprint density at radius 2 is 1.90 bits per heavy atom. The van der Waals surface area contributed by atoms with Crippen molar-refractivity contribution in [3.8, 4) is 5.75 Å². The van der Waals surface area contributed by atoms with E-state index < -0.39 is 11.7 Å². The van der Waals surface area contributed by atoms with Gasteiger partial charge in [-0.1, -0.05) is 0 Å². The second kappa shape index (κ2) is 5.61. The number of ether oxygens (including phenoxy) is 1. The van der Waals surface area contributed by atoms with E-state index in [1.165, 1.54) is 12.1 Å². The number of anilines is 2. The van der Waals surface area contributed by atoms with Crippen LogP contribution in [0.25, 0.3) is 0 Å². The van der Waals surface area contributed by atoms with Crippen LogP contribution in [0.1, 0.15) is 15.9 Å². The lowest BCUT2D eigenvalue weighted by molar-refractivity contribution is 0.102. The van der Waals surface area contributed by atoms with Gasteiger partial charge in [0.15, 0.2) is 0 Å². The molecule has 0 aromatic heterocycles. The molecule has 0 aliphatic carbocycles. The number of nitrogens with two attached hydrogens (primary N) is 1. The maximum absolute atomic E-state index is 13.9. The molecule has 2 aromatic rings. The number of aryl methyl sites for hydroxylation is 1. The number of rotatable bonds is 3. The van der Waals surface area contributed by atoms with Gasteiger partial charge in [0, 0.05) is 11.4 Å². The monoisotopic (exact) mass is 274 g/mol. The summed E-state index contributed by atoms with van der Waals surface area (Å²) in [5.74, 6) is -0.428. The lowest BCUT2D eigenvalue weighted by atomic mass is 10.1. The normalized spacial score (nSPS) is 10.2. The number of carbonyl (C=O) groups excluding carboxylic acids is 1. The number of hydrogen-bond acceptors (Lipinski definition) is 3. The minimum atomic E-state index is -0.565. The van der Waals surface area contributed by atoms with Crippen LogP contribution in [0, 0.1) is 12.7 Å². The number of benzene rings is 2. The van der Waals surface area contributed by atoms with Crippen molar-refractivity contribution in [2.75, 3.05) is 18.2 Å². The van der Waals surface area contributed by atoms with Crippen LogP contribution in [0.3, 0.4) is 0 Å². The maximum Gasteiger partial charge on any atom is 0.258 e. The molecule has 4 nitrogen and oxygen atoms in total. The lowest BCUT2D eigenvalue weighted by Gasteiger charge is -2.09. The molecule has 2 aromatic carbocycles. The van der Waals surface area contributed by atoms with E-state index in [0.29, 0.717) is 22.7 Å². The Hall–Kier alpha value is -2.56. The van der Waals surface area contributed by atoms with Gasteiger partial charge in [-0.2, -0.15) is 0 Å². The first-order valence-electron chi connectivity index (χ1n) is 6.02. The SMILES string of the molecule is COc1ccc(NC(=O)c2cc(N)cc(C)c2F)cc1. The molecule has 1 amide bonds. The molecule has 0 aliphatic heterocycles. The Balaban J connectivity index is 2.23. The zero-order chi connectivity index (χ0) is 14.7. The van der Waals surface area contributed by atoms with E-state index in [1.54, 1.807) is 38.3 Å². The largest absolute Gasteiger partial charge is 0.497 e. The van der Waals surface area contributed by atoms with E-state index in [2.05, 4.69) is 5.32 Å². The van der Waals surface area contributed by atoms with E-state index in [0.717, 1.165) is 0 Å². The predicted octanol–water partition coefficient (Wildman–Crippen LogP) is 2.98. The molecular weight excluding hydrogens is 259 g/mol. The molecule has 0 saturated heterocycles. The third-order valence-corrected chi connectivity index (χ3v) is 2.87. The fraction of sp³-hybridized carbons (Fsp3) is 0.133. The summed E-state index contributed by atoms with van der Waals surface area (Å²) < 4.78 is 18.9. The van der Waals surface area contributed by atoms with Gasteiger partial charge in [0.1, 0.15) is 11.6 Å². The van der Waals surface area contributed by atoms with Gasteiger partial charge in [-0.3, -0.25) is 4.79 Å². The fourth-order valence-corrected chi connectivity index (χ4v) is 1.84. The molecule has 3 N–H and O–H groups in total. The summed E-state index contributed by atoms with van der Waals surface area (Å²) >= 11 is 0. The average Bonchev–Trinajstić information content (AvgIpc) is 2.43. The highest BCUT2D eigenvalue weighted by Crippen LogP contribution is 2.20. The summed E-state index contributed by atoms with van der Waals surface area (Å²) in [6.45, 7) is 1.57. The maximum atomic E-state index is 13.9. The Kier molecular flexibility index (Phi) is 3.89. The first-order chi connectivity index (χ1) is 9.51. The van der Waals surface area contributed by atoms with E-state index >= 15 is 0 Å². The van der Waals surface area contributed by atoms with Gasteiger partial charge in [0.05, 0.1) is 12.7 Å². The molecule has 5 heteroatoms. The summed E-state index contributed by atoms with van der Waals surface area (Å²) in [5, 5.41) is 2.61. The first-order valence-corrected chi connectivity index (χ1v) is 6.02. The van der Waals surface area contributed by atoms with Crippen LogP contribution in [-0.2, 0) is 0 Å². The van der Waals surface area contributed by atoms with Crippen LogP contribution >= 0.6 is 0 Å². The summed E-state index contributed by atoms with van der Waals surface area (Å²) in [4.78, 5) is 12.1. The lowest BCUT2D eigenvalue weighted by Crippen LogP contribution is -2.15. The zero-order valence-electron chi connectivity index (χ0n) is 11.2. The van der Waals surface area contributed by atoms with Crippen molar-refractivity contribution >= 4 is 17.3 Å². The predicted molar refractivity (Wildman–Crippen MR) is 76.5 cm³/mol. The van der Waals surface area contributed by atoms with Crippen molar-refractivity contribution in [1.29, 1.82) is 0 Å². The van der Waals surface area contributed by atoms with Crippen molar-refractivity contribution in [1.82, 2.24) is 0 Å². The van der Waals surface area contributed by atoms with Gasteiger partial charge in [0.2, 0.25) is 0 Å². The average molecular weight is 274 g/mol. The molecule has 20 heavy (non-hydrogen) atoms. The highest BCUT2D eigenvalue weighted by atomic mass is 19.1. The second-order valence-corrected chi connectivity index (χ2v) is 4.38. The summed E-state index contributed by atoms with van der Waals surface area (Å²) in [5.41, 5.74) is 6.80. The first kappa shape index (κ1) is 13.9. The Labute approximate surface area is 116 Å². The quantitative estimate of drug-likeness (QED) is 0.846. The number of methoxy groups -OCH3 is 1. The van der Waals surface area contributed by atoms with Gasteiger partial charge in [-0.15, -0.1) is 0 Å². The van der Waals surface area contributed by atoms with Gasteiger partial charge in [0.25, 0.3) is 5.91 Å². The van der Waals surface area contributed by atoms with Crippen molar-refractivity contribution in [3.05, 3.63) is 53.3 Å². The fourth-order valence-electron chi connectivity index (χ4n) is 1.84. The number of hydrogen-bond donors (Lipinski definition) is 2. The van der Waals surface area contributed by atoms with E-state index in [4.69, 9.17) is 10.5 Å². The molecule has 0 atom stereocenters. The van der Waals surface area contributed by atoms with Crippen molar-refractivity contribution < 1.29 is 13.9 Å². The van der Waals surface area contributed by atoms with Crippen molar-refractivity contribution in [2.24, 2.45) is 0 Å². The third kappa shape index (κ3) is 2.88. The number of nitrogen functional groups attached to an aromatic ring is 1. The van der Waals surface area contributed by atoms with E-state index in [-0.39, 0.29) is 5.56 Å². The van der Waals surface area contributed by atoms with Crippen molar-refractivity contribution in [3.63, 3.8) is 0 Å².